The van der Waals surface area contributed by atoms with E-state index in [1.165, 1.54) is 5.56 Å². The summed E-state index contributed by atoms with van der Waals surface area (Å²) in [7, 11) is 0. The molecule has 2 rings (SSSR count). The Labute approximate surface area is 111 Å². The first kappa shape index (κ1) is 12.6. The molecule has 2 nitrogen and oxygen atoms in total. The van der Waals surface area contributed by atoms with Gasteiger partial charge in [-0.05, 0) is 18.9 Å². The molecule has 1 aliphatic rings. The Morgan fingerprint density at radius 1 is 1.41 bits per heavy atom. The minimum Gasteiger partial charge on any atom is -0.298 e. The van der Waals surface area contributed by atoms with Crippen molar-refractivity contribution in [3.8, 4) is 0 Å². The van der Waals surface area contributed by atoms with Gasteiger partial charge in [0.25, 0.3) is 0 Å². The standard InChI is InChI=1S/C13H15NOS2/c1-10(11-6-3-2-4-7-11)17-13(16)14-9-5-8-12(14)15/h2-4,6-7,10H,5,8-9H2,1H3. The first-order valence-electron chi connectivity index (χ1n) is 5.74. The van der Waals surface area contributed by atoms with Crippen molar-refractivity contribution in [2.75, 3.05) is 6.54 Å². The zero-order valence-electron chi connectivity index (χ0n) is 9.76. The van der Waals surface area contributed by atoms with Crippen LogP contribution >= 0.6 is 24.0 Å². The van der Waals surface area contributed by atoms with Gasteiger partial charge in [0.1, 0.15) is 4.32 Å². The van der Waals surface area contributed by atoms with E-state index in [1.54, 1.807) is 16.7 Å². The van der Waals surface area contributed by atoms with Crippen LogP contribution in [0.4, 0.5) is 0 Å². The molecule has 1 saturated heterocycles. The van der Waals surface area contributed by atoms with E-state index in [4.69, 9.17) is 12.2 Å². The van der Waals surface area contributed by atoms with Gasteiger partial charge in [0.2, 0.25) is 5.91 Å². The second-order valence-electron chi connectivity index (χ2n) is 4.09. The molecule has 0 bridgehead atoms. The molecule has 0 spiro atoms. The zero-order valence-corrected chi connectivity index (χ0v) is 11.4. The molecule has 1 unspecified atom stereocenters. The Bertz CT molecular complexity index is 419. The van der Waals surface area contributed by atoms with E-state index in [0.717, 1.165) is 13.0 Å². The largest absolute Gasteiger partial charge is 0.298 e. The lowest BCUT2D eigenvalue weighted by molar-refractivity contribution is -0.124. The third kappa shape index (κ3) is 3.07. The van der Waals surface area contributed by atoms with Gasteiger partial charge in [-0.25, -0.2) is 0 Å². The summed E-state index contributed by atoms with van der Waals surface area (Å²) in [5.74, 6) is 0.169. The van der Waals surface area contributed by atoms with Crippen LogP contribution in [0.3, 0.4) is 0 Å². The van der Waals surface area contributed by atoms with Gasteiger partial charge in [-0.3, -0.25) is 9.69 Å². The topological polar surface area (TPSA) is 20.3 Å². The zero-order chi connectivity index (χ0) is 12.3. The smallest absolute Gasteiger partial charge is 0.228 e. The number of likely N-dealkylation sites (tertiary alicyclic amines) is 1. The predicted molar refractivity (Wildman–Crippen MR) is 76.0 cm³/mol. The number of amides is 1. The molecule has 1 aromatic rings. The van der Waals surface area contributed by atoms with E-state index < -0.39 is 0 Å². The van der Waals surface area contributed by atoms with Gasteiger partial charge in [0, 0.05) is 18.2 Å². The monoisotopic (exact) mass is 265 g/mol. The average Bonchev–Trinajstić information content (AvgIpc) is 2.76. The minimum absolute atomic E-state index is 0.169. The molecule has 0 aromatic heterocycles. The number of carbonyl (C=O) groups excluding carboxylic acids is 1. The number of hydrogen-bond acceptors (Lipinski definition) is 3. The lowest BCUT2D eigenvalue weighted by Gasteiger charge is -2.19. The second kappa shape index (κ2) is 5.65. The second-order valence-corrected chi connectivity index (χ2v) is 6.06. The van der Waals surface area contributed by atoms with Crippen LogP contribution in [0.25, 0.3) is 0 Å². The van der Waals surface area contributed by atoms with E-state index >= 15 is 0 Å². The molecular formula is C13H15NOS2. The number of thioether (sulfide) groups is 1. The lowest BCUT2D eigenvalue weighted by Crippen LogP contribution is -2.28. The van der Waals surface area contributed by atoms with Gasteiger partial charge in [-0.2, -0.15) is 0 Å². The van der Waals surface area contributed by atoms with Crippen LogP contribution in [-0.2, 0) is 4.79 Å². The molecule has 1 atom stereocenters. The Morgan fingerprint density at radius 3 is 2.71 bits per heavy atom. The Balaban J connectivity index is 1.97. The fourth-order valence-corrected chi connectivity index (χ4v) is 3.39. The van der Waals surface area contributed by atoms with Crippen molar-refractivity contribution >= 4 is 34.2 Å². The van der Waals surface area contributed by atoms with Gasteiger partial charge in [0.05, 0.1) is 0 Å². The molecule has 1 aromatic carbocycles. The first-order valence-corrected chi connectivity index (χ1v) is 7.03. The van der Waals surface area contributed by atoms with Crippen molar-refractivity contribution in [2.45, 2.75) is 25.0 Å². The lowest BCUT2D eigenvalue weighted by atomic mass is 10.2. The molecule has 0 N–H and O–H groups in total. The van der Waals surface area contributed by atoms with Crippen molar-refractivity contribution in [1.82, 2.24) is 4.90 Å². The van der Waals surface area contributed by atoms with Gasteiger partial charge in [-0.1, -0.05) is 54.3 Å². The third-order valence-electron chi connectivity index (χ3n) is 2.84. The number of nitrogens with zero attached hydrogens (tertiary/aromatic N) is 1. The Hall–Kier alpha value is -0.870. The van der Waals surface area contributed by atoms with Gasteiger partial charge in [-0.15, -0.1) is 0 Å². The minimum atomic E-state index is 0.169. The van der Waals surface area contributed by atoms with Crippen LogP contribution in [0.5, 0.6) is 0 Å². The molecule has 0 radical (unpaired) electrons. The average molecular weight is 265 g/mol. The van der Waals surface area contributed by atoms with E-state index in [-0.39, 0.29) is 11.2 Å². The summed E-state index contributed by atoms with van der Waals surface area (Å²) in [4.78, 5) is 13.3. The summed E-state index contributed by atoms with van der Waals surface area (Å²) >= 11 is 6.93. The summed E-state index contributed by atoms with van der Waals surface area (Å²) in [6.45, 7) is 2.90. The predicted octanol–water partition coefficient (Wildman–Crippen LogP) is 3.39. The van der Waals surface area contributed by atoms with E-state index in [1.807, 2.05) is 18.2 Å². The Morgan fingerprint density at radius 2 is 2.12 bits per heavy atom. The number of hydrogen-bond donors (Lipinski definition) is 0. The highest BCUT2D eigenvalue weighted by molar-refractivity contribution is 8.23. The molecular weight excluding hydrogens is 250 g/mol. The summed E-state index contributed by atoms with van der Waals surface area (Å²) in [5.41, 5.74) is 1.24. The van der Waals surface area contributed by atoms with Crippen LogP contribution in [-0.4, -0.2) is 21.7 Å². The maximum Gasteiger partial charge on any atom is 0.228 e. The summed E-state index contributed by atoms with van der Waals surface area (Å²) in [5, 5.41) is 0.289. The SMILES string of the molecule is CC(SC(=S)N1CCCC1=O)c1ccccc1. The summed E-state index contributed by atoms with van der Waals surface area (Å²) in [6, 6.07) is 10.2. The first-order chi connectivity index (χ1) is 8.18. The Kier molecular flexibility index (Phi) is 4.18. The molecule has 1 aliphatic heterocycles. The number of thiocarbonyl (C=S) groups is 1. The van der Waals surface area contributed by atoms with Crippen LogP contribution < -0.4 is 0 Å². The molecule has 1 heterocycles. The van der Waals surface area contributed by atoms with Crippen molar-refractivity contribution < 1.29 is 4.79 Å². The fourth-order valence-electron chi connectivity index (χ4n) is 1.85. The molecule has 17 heavy (non-hydrogen) atoms. The van der Waals surface area contributed by atoms with Crippen LogP contribution in [0.1, 0.15) is 30.6 Å². The van der Waals surface area contributed by atoms with Crippen molar-refractivity contribution in [1.29, 1.82) is 0 Å². The van der Waals surface area contributed by atoms with E-state index in [2.05, 4.69) is 19.1 Å². The normalized spacial score (nSPS) is 17.2. The van der Waals surface area contributed by atoms with Crippen LogP contribution in [0.2, 0.25) is 0 Å². The maximum absolute atomic E-state index is 11.6. The summed E-state index contributed by atoms with van der Waals surface area (Å²) in [6.07, 6.45) is 1.57. The van der Waals surface area contributed by atoms with Crippen LogP contribution in [0.15, 0.2) is 30.3 Å². The molecule has 0 saturated carbocycles. The number of rotatable bonds is 2. The van der Waals surface area contributed by atoms with Gasteiger partial charge in [0.15, 0.2) is 0 Å². The molecule has 1 fully saturated rings. The number of benzene rings is 1. The highest BCUT2D eigenvalue weighted by Crippen LogP contribution is 2.31. The highest BCUT2D eigenvalue weighted by atomic mass is 32.2. The van der Waals surface area contributed by atoms with Crippen molar-refractivity contribution in [3.63, 3.8) is 0 Å². The van der Waals surface area contributed by atoms with E-state index in [0.29, 0.717) is 10.7 Å². The molecule has 1 amide bonds. The maximum atomic E-state index is 11.6. The molecule has 4 heteroatoms. The van der Waals surface area contributed by atoms with Crippen molar-refractivity contribution in [3.05, 3.63) is 35.9 Å². The van der Waals surface area contributed by atoms with Crippen molar-refractivity contribution in [2.24, 2.45) is 0 Å². The molecule has 90 valence electrons. The highest BCUT2D eigenvalue weighted by Gasteiger charge is 2.25. The van der Waals surface area contributed by atoms with Crippen LogP contribution in [0, 0.1) is 0 Å². The number of carbonyl (C=O) groups is 1. The summed E-state index contributed by atoms with van der Waals surface area (Å²) < 4.78 is 0.712. The van der Waals surface area contributed by atoms with Gasteiger partial charge >= 0.3 is 0 Å². The third-order valence-corrected chi connectivity index (χ3v) is 4.40. The van der Waals surface area contributed by atoms with Gasteiger partial charge < -0.3 is 0 Å². The molecule has 0 aliphatic carbocycles. The van der Waals surface area contributed by atoms with E-state index in [9.17, 15) is 4.79 Å². The fraction of sp³-hybridized carbons (Fsp3) is 0.385. The quantitative estimate of drug-likeness (QED) is 0.765.